The molecule has 1 aliphatic heterocycles. The third-order valence-electron chi connectivity index (χ3n) is 7.35. The maximum atomic E-state index is 13.6. The number of nitrogens with two attached hydrogens (primary N) is 1. The SMILES string of the molecule is Cc1ccc([C@@H](CNc2ncc3n(c2=O)[C@H](C(=O)NCc2ccc(N)nc2C)CC3)c2ccccn2)c(C)c1. The largest absolute Gasteiger partial charge is 0.384 e. The van der Waals surface area contributed by atoms with Crippen LogP contribution in [0.15, 0.2) is 65.7 Å². The van der Waals surface area contributed by atoms with Gasteiger partial charge in [-0.25, -0.2) is 9.97 Å². The number of fused-ring (bicyclic) bond motifs is 1. The molecule has 1 aliphatic rings. The van der Waals surface area contributed by atoms with E-state index in [9.17, 15) is 9.59 Å². The van der Waals surface area contributed by atoms with Gasteiger partial charge in [0.05, 0.1) is 0 Å². The number of aryl methyl sites for hydroxylation is 4. The number of carbonyl (C=O) groups is 1. The van der Waals surface area contributed by atoms with Crippen LogP contribution in [0.1, 0.15) is 57.7 Å². The normalized spacial score (nSPS) is 15.0. The zero-order chi connectivity index (χ0) is 27.5. The summed E-state index contributed by atoms with van der Waals surface area (Å²) in [5, 5.41) is 6.24. The van der Waals surface area contributed by atoms with Crippen molar-refractivity contribution in [1.29, 1.82) is 0 Å². The number of nitrogens with zero attached hydrogens (tertiary/aromatic N) is 4. The molecule has 0 unspecified atom stereocenters. The van der Waals surface area contributed by atoms with Crippen molar-refractivity contribution in [3.63, 3.8) is 0 Å². The number of nitrogen functional groups attached to an aromatic ring is 1. The molecular formula is C30H33N7O2. The molecule has 1 amide bonds. The van der Waals surface area contributed by atoms with Crippen molar-refractivity contribution in [1.82, 2.24) is 24.8 Å². The highest BCUT2D eigenvalue weighted by molar-refractivity contribution is 5.81. The average molecular weight is 524 g/mol. The van der Waals surface area contributed by atoms with Gasteiger partial charge in [-0.3, -0.25) is 19.1 Å². The minimum atomic E-state index is -0.593. The van der Waals surface area contributed by atoms with E-state index in [0.29, 0.717) is 31.7 Å². The van der Waals surface area contributed by atoms with E-state index in [1.165, 1.54) is 5.56 Å². The summed E-state index contributed by atoms with van der Waals surface area (Å²) in [6.07, 6.45) is 4.63. The van der Waals surface area contributed by atoms with Crippen molar-refractivity contribution in [2.45, 2.75) is 52.1 Å². The monoisotopic (exact) mass is 523 g/mol. The van der Waals surface area contributed by atoms with E-state index in [2.05, 4.69) is 57.6 Å². The molecule has 1 aromatic carbocycles. The Balaban J connectivity index is 1.36. The molecule has 4 aromatic rings. The number of rotatable bonds is 8. The van der Waals surface area contributed by atoms with Crippen LogP contribution in [0.25, 0.3) is 0 Å². The van der Waals surface area contributed by atoms with Crippen LogP contribution in [0.3, 0.4) is 0 Å². The van der Waals surface area contributed by atoms with Crippen LogP contribution in [-0.4, -0.2) is 32.0 Å². The topological polar surface area (TPSA) is 128 Å². The molecule has 2 atom stereocenters. The van der Waals surface area contributed by atoms with E-state index < -0.39 is 6.04 Å². The van der Waals surface area contributed by atoms with E-state index in [-0.39, 0.29) is 23.2 Å². The van der Waals surface area contributed by atoms with E-state index >= 15 is 0 Å². The molecule has 9 heteroatoms. The molecule has 3 aromatic heterocycles. The molecule has 0 aliphatic carbocycles. The van der Waals surface area contributed by atoms with E-state index in [1.54, 1.807) is 23.0 Å². The predicted octanol–water partition coefficient (Wildman–Crippen LogP) is 3.59. The number of carbonyl (C=O) groups excluding carboxylic acids is 1. The van der Waals surface area contributed by atoms with Crippen molar-refractivity contribution in [3.05, 3.63) is 111 Å². The fourth-order valence-corrected chi connectivity index (χ4v) is 5.28. The second-order valence-corrected chi connectivity index (χ2v) is 10.1. The Kier molecular flexibility index (Phi) is 7.40. The predicted molar refractivity (Wildman–Crippen MR) is 152 cm³/mol. The lowest BCUT2D eigenvalue weighted by Crippen LogP contribution is -2.36. The van der Waals surface area contributed by atoms with Crippen LogP contribution in [-0.2, 0) is 17.8 Å². The Bertz CT molecular complexity index is 1570. The molecule has 0 fully saturated rings. The molecule has 5 rings (SSSR count). The molecule has 0 saturated heterocycles. The van der Waals surface area contributed by atoms with Gasteiger partial charge in [0.1, 0.15) is 11.9 Å². The number of benzene rings is 1. The Morgan fingerprint density at radius 2 is 1.97 bits per heavy atom. The molecule has 0 bridgehead atoms. The number of amides is 1. The zero-order valence-corrected chi connectivity index (χ0v) is 22.4. The van der Waals surface area contributed by atoms with E-state index in [1.807, 2.05) is 31.2 Å². The summed E-state index contributed by atoms with van der Waals surface area (Å²) in [6, 6.07) is 15.2. The molecule has 0 radical (unpaired) electrons. The minimum absolute atomic E-state index is 0.0814. The second-order valence-electron chi connectivity index (χ2n) is 10.1. The first-order valence-corrected chi connectivity index (χ1v) is 13.1. The maximum Gasteiger partial charge on any atom is 0.294 e. The second kappa shape index (κ2) is 11.1. The lowest BCUT2D eigenvalue weighted by Gasteiger charge is -2.21. The van der Waals surface area contributed by atoms with Crippen LogP contribution in [0.2, 0.25) is 0 Å². The highest BCUT2D eigenvalue weighted by atomic mass is 16.2. The van der Waals surface area contributed by atoms with Gasteiger partial charge < -0.3 is 16.4 Å². The van der Waals surface area contributed by atoms with Crippen LogP contribution in [0, 0.1) is 20.8 Å². The molecule has 4 N–H and O–H groups in total. The van der Waals surface area contributed by atoms with Gasteiger partial charge in [-0.1, -0.05) is 35.9 Å². The first-order valence-electron chi connectivity index (χ1n) is 13.1. The summed E-state index contributed by atoms with van der Waals surface area (Å²) < 4.78 is 1.58. The molecule has 9 nitrogen and oxygen atoms in total. The van der Waals surface area contributed by atoms with E-state index in [0.717, 1.165) is 33.8 Å². The fourth-order valence-electron chi connectivity index (χ4n) is 5.28. The average Bonchev–Trinajstić information content (AvgIpc) is 3.36. The highest BCUT2D eigenvalue weighted by Gasteiger charge is 2.31. The molecule has 4 heterocycles. The Morgan fingerprint density at radius 1 is 1.13 bits per heavy atom. The van der Waals surface area contributed by atoms with Gasteiger partial charge in [0, 0.05) is 48.5 Å². The van der Waals surface area contributed by atoms with E-state index in [4.69, 9.17) is 5.73 Å². The first kappa shape index (κ1) is 26.1. The van der Waals surface area contributed by atoms with Crippen molar-refractivity contribution in [2.75, 3.05) is 17.6 Å². The van der Waals surface area contributed by atoms with Gasteiger partial charge in [0.2, 0.25) is 5.91 Å². The lowest BCUT2D eigenvalue weighted by atomic mass is 9.90. The van der Waals surface area contributed by atoms with Crippen molar-refractivity contribution >= 4 is 17.5 Å². The van der Waals surface area contributed by atoms with Gasteiger partial charge in [0.25, 0.3) is 5.56 Å². The van der Waals surface area contributed by atoms with Crippen molar-refractivity contribution in [2.24, 2.45) is 0 Å². The van der Waals surface area contributed by atoms with Crippen molar-refractivity contribution in [3.8, 4) is 0 Å². The summed E-state index contributed by atoms with van der Waals surface area (Å²) in [4.78, 5) is 40.0. The summed E-state index contributed by atoms with van der Waals surface area (Å²) in [7, 11) is 0. The number of aromatic nitrogens is 4. The van der Waals surface area contributed by atoms with Crippen LogP contribution in [0.5, 0.6) is 0 Å². The zero-order valence-electron chi connectivity index (χ0n) is 22.4. The van der Waals surface area contributed by atoms with Crippen LogP contribution < -0.4 is 21.9 Å². The summed E-state index contributed by atoms with van der Waals surface area (Å²) >= 11 is 0. The smallest absolute Gasteiger partial charge is 0.294 e. The number of nitrogens with one attached hydrogen (secondary N) is 2. The Hall–Kier alpha value is -4.53. The fraction of sp³-hybridized carbons (Fsp3) is 0.300. The Labute approximate surface area is 227 Å². The number of anilines is 2. The van der Waals surface area contributed by atoms with Crippen LogP contribution >= 0.6 is 0 Å². The number of hydrogen-bond donors (Lipinski definition) is 3. The standard InChI is InChI=1S/C30H33N7O2/c1-18-7-10-23(19(2)14-18)24(25-6-4-5-13-32-25)17-34-28-30(39)37-22(16-33-28)9-11-26(37)29(38)35-15-21-8-12-27(31)36-20(21)3/h4-8,10,12-14,16,24,26H,9,11,15,17H2,1-3H3,(H2,31,36)(H,33,34)(H,35,38)/t24-,26+/m1/s1. The third kappa shape index (κ3) is 5.52. The summed E-state index contributed by atoms with van der Waals surface area (Å²) in [6.45, 7) is 6.76. The first-order chi connectivity index (χ1) is 18.8. The third-order valence-corrected chi connectivity index (χ3v) is 7.35. The lowest BCUT2D eigenvalue weighted by molar-refractivity contribution is -0.124. The molecule has 0 saturated carbocycles. The summed E-state index contributed by atoms with van der Waals surface area (Å²) in [5.41, 5.74) is 12.2. The number of pyridine rings is 2. The molecule has 0 spiro atoms. The van der Waals surface area contributed by atoms with Gasteiger partial charge in [0.15, 0.2) is 5.82 Å². The van der Waals surface area contributed by atoms with Gasteiger partial charge >= 0.3 is 0 Å². The Morgan fingerprint density at radius 3 is 2.72 bits per heavy atom. The minimum Gasteiger partial charge on any atom is -0.384 e. The molecule has 200 valence electrons. The van der Waals surface area contributed by atoms with Crippen LogP contribution in [0.4, 0.5) is 11.6 Å². The summed E-state index contributed by atoms with van der Waals surface area (Å²) in [5.74, 6) is 0.380. The van der Waals surface area contributed by atoms with Gasteiger partial charge in [-0.2, -0.15) is 0 Å². The number of hydrogen-bond acceptors (Lipinski definition) is 7. The van der Waals surface area contributed by atoms with Gasteiger partial charge in [-0.05, 0) is 68.5 Å². The molecular weight excluding hydrogens is 490 g/mol. The van der Waals surface area contributed by atoms with Gasteiger partial charge in [-0.15, -0.1) is 0 Å². The maximum absolute atomic E-state index is 13.6. The molecule has 39 heavy (non-hydrogen) atoms. The quantitative estimate of drug-likeness (QED) is 0.322. The highest BCUT2D eigenvalue weighted by Crippen LogP contribution is 2.28. The van der Waals surface area contributed by atoms with Crippen molar-refractivity contribution < 1.29 is 4.79 Å².